The Hall–Kier alpha value is -2.11. The van der Waals surface area contributed by atoms with Gasteiger partial charge in [0.1, 0.15) is 5.82 Å². The van der Waals surface area contributed by atoms with Crippen LogP contribution in [0.25, 0.3) is 0 Å². The maximum absolute atomic E-state index is 13.5. The number of carbonyl (C=O) groups is 2. The van der Waals surface area contributed by atoms with Gasteiger partial charge in [-0.05, 0) is 43.9 Å². The van der Waals surface area contributed by atoms with Crippen LogP contribution in [0, 0.1) is 12.7 Å². The molecule has 1 aromatic rings. The molecule has 1 aromatic carbocycles. The highest BCUT2D eigenvalue weighted by Gasteiger charge is 2.24. The monoisotopic (exact) mass is 549 g/mol. The number of nitrogens with one attached hydrogen (secondary N) is 2. The lowest BCUT2D eigenvalue weighted by atomic mass is 10.1. The summed E-state index contributed by atoms with van der Waals surface area (Å²) < 4.78 is 18.5. The number of benzene rings is 1. The van der Waals surface area contributed by atoms with Crippen LogP contribution in [-0.4, -0.2) is 74.1 Å². The molecule has 1 saturated heterocycles. The number of rotatable bonds is 6. The number of likely N-dealkylation sites (tertiary alicyclic amines) is 1. The SMILES string of the molecule is CCOC(=O)N1CCC(NC(=NCc2ccc(F)c(C)c2)NCC(=O)N(C)C)CC1.I. The molecule has 1 heterocycles. The second-order valence-electron chi connectivity index (χ2n) is 7.49. The molecule has 8 nitrogen and oxygen atoms in total. The standard InChI is InChI=1S/C21H32FN5O3.HI/c1-5-30-21(29)27-10-8-17(9-11-27)25-20(24-14-19(28)26(3)4)23-13-16-6-7-18(22)15(2)12-16;/h6-7,12,17H,5,8-11,13-14H2,1-4H3,(H2,23,24,25);1H. The first-order valence-corrected chi connectivity index (χ1v) is 10.2. The molecule has 0 spiro atoms. The summed E-state index contributed by atoms with van der Waals surface area (Å²) in [5.74, 6) is 0.199. The van der Waals surface area contributed by atoms with Crippen molar-refractivity contribution in [1.82, 2.24) is 20.4 Å². The van der Waals surface area contributed by atoms with Gasteiger partial charge in [-0.2, -0.15) is 0 Å². The topological polar surface area (TPSA) is 86.3 Å². The first-order chi connectivity index (χ1) is 14.3. The average molecular weight is 549 g/mol. The maximum atomic E-state index is 13.5. The zero-order valence-electron chi connectivity index (χ0n) is 18.6. The van der Waals surface area contributed by atoms with E-state index in [9.17, 15) is 14.0 Å². The van der Waals surface area contributed by atoms with E-state index < -0.39 is 0 Å². The summed E-state index contributed by atoms with van der Waals surface area (Å²) in [6.45, 7) is 5.53. The van der Waals surface area contributed by atoms with Crippen LogP contribution in [0.5, 0.6) is 0 Å². The third-order valence-corrected chi connectivity index (χ3v) is 4.91. The van der Waals surface area contributed by atoms with E-state index >= 15 is 0 Å². The largest absolute Gasteiger partial charge is 0.450 e. The molecule has 0 bridgehead atoms. The number of guanidine groups is 1. The van der Waals surface area contributed by atoms with Crippen LogP contribution in [-0.2, 0) is 16.1 Å². The molecule has 174 valence electrons. The highest BCUT2D eigenvalue weighted by molar-refractivity contribution is 14.0. The third kappa shape index (κ3) is 8.88. The fraction of sp³-hybridized carbons (Fsp3) is 0.571. The fourth-order valence-corrected chi connectivity index (χ4v) is 3.06. The highest BCUT2D eigenvalue weighted by atomic mass is 127. The number of nitrogens with zero attached hydrogens (tertiary/aromatic N) is 3. The average Bonchev–Trinajstić information content (AvgIpc) is 2.72. The van der Waals surface area contributed by atoms with Gasteiger partial charge in [0.05, 0.1) is 19.7 Å². The lowest BCUT2D eigenvalue weighted by Gasteiger charge is -2.32. The quantitative estimate of drug-likeness (QED) is 0.324. The van der Waals surface area contributed by atoms with Gasteiger partial charge in [0.2, 0.25) is 5.91 Å². The first kappa shape index (κ1) is 26.9. The van der Waals surface area contributed by atoms with Crippen molar-refractivity contribution in [3.05, 3.63) is 35.1 Å². The summed E-state index contributed by atoms with van der Waals surface area (Å²) in [4.78, 5) is 31.6. The predicted octanol–water partition coefficient (Wildman–Crippen LogP) is 2.50. The van der Waals surface area contributed by atoms with Crippen LogP contribution >= 0.6 is 24.0 Å². The molecule has 0 aromatic heterocycles. The van der Waals surface area contributed by atoms with Crippen LogP contribution in [0.15, 0.2) is 23.2 Å². The number of aryl methyl sites for hydroxylation is 1. The Morgan fingerprint density at radius 2 is 1.97 bits per heavy atom. The molecular formula is C21H33FIN5O3. The highest BCUT2D eigenvalue weighted by Crippen LogP contribution is 2.12. The molecule has 2 rings (SSSR count). The maximum Gasteiger partial charge on any atom is 0.409 e. The number of hydrogen-bond donors (Lipinski definition) is 2. The minimum absolute atomic E-state index is 0. The predicted molar refractivity (Wildman–Crippen MR) is 129 cm³/mol. The summed E-state index contributed by atoms with van der Waals surface area (Å²) in [5, 5.41) is 6.42. The summed E-state index contributed by atoms with van der Waals surface area (Å²) >= 11 is 0. The minimum atomic E-state index is -0.286. The number of carbonyl (C=O) groups excluding carboxylic acids is 2. The fourth-order valence-electron chi connectivity index (χ4n) is 3.06. The molecule has 2 amide bonds. The van der Waals surface area contributed by atoms with Gasteiger partial charge in [-0.15, -0.1) is 24.0 Å². The number of aliphatic imine (C=N–C) groups is 1. The van der Waals surface area contributed by atoms with E-state index in [2.05, 4.69) is 15.6 Å². The Labute approximate surface area is 200 Å². The van der Waals surface area contributed by atoms with Crippen molar-refractivity contribution in [2.24, 2.45) is 4.99 Å². The zero-order valence-corrected chi connectivity index (χ0v) is 20.9. The van der Waals surface area contributed by atoms with Gasteiger partial charge in [-0.3, -0.25) is 4.79 Å². The number of amides is 2. The van der Waals surface area contributed by atoms with Gasteiger partial charge >= 0.3 is 6.09 Å². The van der Waals surface area contributed by atoms with Gasteiger partial charge in [0.15, 0.2) is 5.96 Å². The molecule has 0 radical (unpaired) electrons. The van der Waals surface area contributed by atoms with Crippen molar-refractivity contribution in [2.45, 2.75) is 39.3 Å². The summed E-state index contributed by atoms with van der Waals surface area (Å²) in [5.41, 5.74) is 1.45. The van der Waals surface area contributed by atoms with Gasteiger partial charge < -0.3 is 25.2 Å². The van der Waals surface area contributed by atoms with Crippen molar-refractivity contribution in [3.8, 4) is 0 Å². The van der Waals surface area contributed by atoms with Gasteiger partial charge in [0, 0.05) is 33.2 Å². The molecular weight excluding hydrogens is 516 g/mol. The Morgan fingerprint density at radius 3 is 2.55 bits per heavy atom. The molecule has 0 unspecified atom stereocenters. The lowest BCUT2D eigenvalue weighted by Crippen LogP contribution is -2.51. The second kappa shape index (κ2) is 13.3. The van der Waals surface area contributed by atoms with Crippen molar-refractivity contribution >= 4 is 41.9 Å². The van der Waals surface area contributed by atoms with E-state index in [1.807, 2.05) is 0 Å². The van der Waals surface area contributed by atoms with Crippen molar-refractivity contribution in [2.75, 3.05) is 40.3 Å². The summed E-state index contributed by atoms with van der Waals surface area (Å²) in [6.07, 6.45) is 1.21. The number of hydrogen-bond acceptors (Lipinski definition) is 4. The summed E-state index contributed by atoms with van der Waals surface area (Å²) in [6, 6.07) is 5.01. The summed E-state index contributed by atoms with van der Waals surface area (Å²) in [7, 11) is 3.39. The molecule has 10 heteroatoms. The molecule has 2 N–H and O–H groups in total. The van der Waals surface area contributed by atoms with Crippen LogP contribution in [0.3, 0.4) is 0 Å². The Bertz CT molecular complexity index is 767. The molecule has 31 heavy (non-hydrogen) atoms. The Morgan fingerprint density at radius 1 is 1.29 bits per heavy atom. The van der Waals surface area contributed by atoms with E-state index in [1.54, 1.807) is 45.0 Å². The molecule has 1 aliphatic rings. The molecule has 0 atom stereocenters. The molecule has 0 saturated carbocycles. The Balaban J connectivity index is 0.00000480. The van der Waals surface area contributed by atoms with Crippen molar-refractivity contribution in [3.63, 3.8) is 0 Å². The van der Waals surface area contributed by atoms with Crippen LogP contribution < -0.4 is 10.6 Å². The van der Waals surface area contributed by atoms with Crippen molar-refractivity contribution in [1.29, 1.82) is 0 Å². The number of likely N-dealkylation sites (N-methyl/N-ethyl adjacent to an activating group) is 1. The van der Waals surface area contributed by atoms with E-state index in [4.69, 9.17) is 4.74 Å². The van der Waals surface area contributed by atoms with Gasteiger partial charge in [-0.25, -0.2) is 14.2 Å². The van der Waals surface area contributed by atoms with E-state index in [1.165, 1.54) is 11.0 Å². The first-order valence-electron chi connectivity index (χ1n) is 10.2. The van der Waals surface area contributed by atoms with Gasteiger partial charge in [0.25, 0.3) is 0 Å². The number of piperidine rings is 1. The smallest absolute Gasteiger partial charge is 0.409 e. The van der Waals surface area contributed by atoms with Crippen LogP contribution in [0.2, 0.25) is 0 Å². The van der Waals surface area contributed by atoms with Gasteiger partial charge in [-0.1, -0.05) is 12.1 Å². The normalized spacial score (nSPS) is 14.5. The van der Waals surface area contributed by atoms with E-state index in [-0.39, 0.29) is 54.4 Å². The third-order valence-electron chi connectivity index (χ3n) is 4.91. The Kier molecular flexibility index (Phi) is 11.6. The van der Waals surface area contributed by atoms with E-state index in [0.717, 1.165) is 18.4 Å². The number of halogens is 2. The molecule has 1 aliphatic heterocycles. The molecule has 0 aliphatic carbocycles. The van der Waals surface area contributed by atoms with Crippen LogP contribution in [0.4, 0.5) is 9.18 Å². The lowest BCUT2D eigenvalue weighted by molar-refractivity contribution is -0.127. The van der Waals surface area contributed by atoms with E-state index in [0.29, 0.717) is 37.8 Å². The van der Waals surface area contributed by atoms with Crippen molar-refractivity contribution < 1.29 is 18.7 Å². The second-order valence-corrected chi connectivity index (χ2v) is 7.49. The molecule has 1 fully saturated rings. The zero-order chi connectivity index (χ0) is 22.1. The minimum Gasteiger partial charge on any atom is -0.450 e. The van der Waals surface area contributed by atoms with Crippen LogP contribution in [0.1, 0.15) is 30.9 Å². The number of ether oxygens (including phenoxy) is 1.